The number of phenolic OH excluding ortho intramolecular Hbond substituents is 2. The van der Waals surface area contributed by atoms with Crippen molar-refractivity contribution >= 4 is 11.0 Å². The molecule has 0 spiro atoms. The molecule has 1 aliphatic rings. The van der Waals surface area contributed by atoms with Gasteiger partial charge in [-0.2, -0.15) is 0 Å². The second kappa shape index (κ2) is 8.79. The van der Waals surface area contributed by atoms with Crippen molar-refractivity contribution in [3.05, 3.63) is 40.6 Å². The third-order valence-electron chi connectivity index (χ3n) is 5.27. The van der Waals surface area contributed by atoms with E-state index in [1.54, 1.807) is 0 Å². The molecule has 11 nitrogen and oxygen atoms in total. The number of methoxy groups -OCH3 is 2. The van der Waals surface area contributed by atoms with E-state index in [-0.39, 0.29) is 46.1 Å². The van der Waals surface area contributed by atoms with Gasteiger partial charge in [0.25, 0.3) is 0 Å². The smallest absolute Gasteiger partial charge is 0.239 e. The van der Waals surface area contributed by atoms with Crippen LogP contribution in [0.25, 0.3) is 22.3 Å². The molecule has 1 aromatic heterocycles. The quantitative estimate of drug-likeness (QED) is 0.362. The highest BCUT2D eigenvalue weighted by molar-refractivity contribution is 5.88. The number of fused-ring (bicyclic) bond motifs is 1. The van der Waals surface area contributed by atoms with Crippen molar-refractivity contribution in [1.29, 1.82) is 0 Å². The summed E-state index contributed by atoms with van der Waals surface area (Å²) in [6.07, 6.45) is -6.13. The number of aliphatic hydroxyl groups excluding tert-OH is 3. The first-order chi connectivity index (χ1) is 15.7. The molecule has 0 amide bonds. The molecule has 176 valence electrons. The van der Waals surface area contributed by atoms with Gasteiger partial charge in [0, 0.05) is 17.7 Å². The molecule has 33 heavy (non-hydrogen) atoms. The Bertz CT molecular complexity index is 1240. The van der Waals surface area contributed by atoms with E-state index in [1.807, 2.05) is 0 Å². The van der Waals surface area contributed by atoms with Crippen LogP contribution in [0.1, 0.15) is 0 Å². The van der Waals surface area contributed by atoms with E-state index in [1.165, 1.54) is 44.6 Å². The number of benzene rings is 2. The average molecular weight is 462 g/mol. The molecule has 3 aromatic rings. The topological polar surface area (TPSA) is 168 Å². The molecule has 1 aliphatic heterocycles. The lowest BCUT2D eigenvalue weighted by Crippen LogP contribution is -2.55. The SMILES string of the molecule is COc1cc(O)c2c(=O)c(OC3OCC(O)C(O)C3O)c(-c3ccc(O)c(OC)c3)oc2c1. The van der Waals surface area contributed by atoms with Crippen molar-refractivity contribution in [3.63, 3.8) is 0 Å². The van der Waals surface area contributed by atoms with Gasteiger partial charge >= 0.3 is 0 Å². The Balaban J connectivity index is 1.93. The Hall–Kier alpha value is -3.51. The highest BCUT2D eigenvalue weighted by Gasteiger charge is 2.40. The number of ether oxygens (including phenoxy) is 4. The van der Waals surface area contributed by atoms with E-state index in [4.69, 9.17) is 23.4 Å². The van der Waals surface area contributed by atoms with Gasteiger partial charge in [0.05, 0.1) is 20.8 Å². The van der Waals surface area contributed by atoms with Gasteiger partial charge in [-0.3, -0.25) is 4.79 Å². The lowest BCUT2D eigenvalue weighted by atomic mass is 10.1. The zero-order valence-electron chi connectivity index (χ0n) is 17.6. The second-order valence-electron chi connectivity index (χ2n) is 7.36. The first-order valence-electron chi connectivity index (χ1n) is 9.82. The highest BCUT2D eigenvalue weighted by atomic mass is 16.7. The Morgan fingerprint density at radius 3 is 2.42 bits per heavy atom. The lowest BCUT2D eigenvalue weighted by Gasteiger charge is -2.34. The van der Waals surface area contributed by atoms with Crippen molar-refractivity contribution in [3.8, 4) is 40.1 Å². The first kappa shape index (κ1) is 22.7. The third-order valence-corrected chi connectivity index (χ3v) is 5.27. The summed E-state index contributed by atoms with van der Waals surface area (Å²) in [4.78, 5) is 13.4. The fourth-order valence-corrected chi connectivity index (χ4v) is 3.49. The summed E-state index contributed by atoms with van der Waals surface area (Å²) in [5.41, 5.74) is -0.562. The summed E-state index contributed by atoms with van der Waals surface area (Å²) in [6.45, 7) is -0.355. The highest BCUT2D eigenvalue weighted by Crippen LogP contribution is 2.39. The third kappa shape index (κ3) is 4.02. The van der Waals surface area contributed by atoms with Crippen molar-refractivity contribution in [1.82, 2.24) is 0 Å². The van der Waals surface area contributed by atoms with Crippen molar-refractivity contribution in [2.45, 2.75) is 24.6 Å². The summed E-state index contributed by atoms with van der Waals surface area (Å²) in [6, 6.07) is 6.76. The largest absolute Gasteiger partial charge is 0.507 e. The van der Waals surface area contributed by atoms with E-state index < -0.39 is 41.5 Å². The molecule has 11 heteroatoms. The van der Waals surface area contributed by atoms with Crippen molar-refractivity contribution < 1.29 is 48.9 Å². The molecule has 4 rings (SSSR count). The van der Waals surface area contributed by atoms with Crippen LogP contribution >= 0.6 is 0 Å². The normalized spacial score (nSPS) is 22.8. The number of hydrogen-bond acceptors (Lipinski definition) is 11. The van der Waals surface area contributed by atoms with E-state index in [2.05, 4.69) is 0 Å². The minimum Gasteiger partial charge on any atom is -0.507 e. The van der Waals surface area contributed by atoms with E-state index in [0.29, 0.717) is 0 Å². The predicted octanol–water partition coefficient (Wildman–Crippen LogP) is 0.706. The summed E-state index contributed by atoms with van der Waals surface area (Å²) in [5.74, 6) is -0.845. The Labute approximate surface area is 186 Å². The number of hydrogen-bond donors (Lipinski definition) is 5. The van der Waals surface area contributed by atoms with Crippen LogP contribution in [0.2, 0.25) is 0 Å². The first-order valence-corrected chi connectivity index (χ1v) is 9.82. The second-order valence-corrected chi connectivity index (χ2v) is 7.36. The molecule has 0 radical (unpaired) electrons. The molecule has 4 unspecified atom stereocenters. The monoisotopic (exact) mass is 462 g/mol. The number of phenols is 2. The van der Waals surface area contributed by atoms with Gasteiger partial charge < -0.3 is 48.9 Å². The lowest BCUT2D eigenvalue weighted by molar-refractivity contribution is -0.242. The molecular weight excluding hydrogens is 440 g/mol. The molecule has 2 aromatic carbocycles. The molecular formula is C22H22O11. The Morgan fingerprint density at radius 2 is 1.73 bits per heavy atom. The average Bonchev–Trinajstić information content (AvgIpc) is 2.80. The number of aliphatic hydroxyl groups is 3. The van der Waals surface area contributed by atoms with Crippen LogP contribution in [0, 0.1) is 0 Å². The summed E-state index contributed by atoms with van der Waals surface area (Å²) in [7, 11) is 2.72. The number of rotatable bonds is 5. The van der Waals surface area contributed by atoms with Gasteiger partial charge in [0.15, 0.2) is 17.3 Å². The maximum atomic E-state index is 13.4. The van der Waals surface area contributed by atoms with E-state index >= 15 is 0 Å². The zero-order chi connectivity index (χ0) is 23.9. The van der Waals surface area contributed by atoms with Crippen LogP contribution in [0.3, 0.4) is 0 Å². The van der Waals surface area contributed by atoms with Crippen LogP contribution < -0.4 is 19.6 Å². The molecule has 0 aliphatic carbocycles. The minimum atomic E-state index is -1.68. The fraction of sp³-hybridized carbons (Fsp3) is 0.318. The molecule has 4 atom stereocenters. The maximum Gasteiger partial charge on any atom is 0.239 e. The zero-order valence-corrected chi connectivity index (χ0v) is 17.6. The fourth-order valence-electron chi connectivity index (χ4n) is 3.49. The van der Waals surface area contributed by atoms with Gasteiger partial charge in [-0.1, -0.05) is 0 Å². The number of aromatic hydroxyl groups is 2. The van der Waals surface area contributed by atoms with Gasteiger partial charge in [-0.05, 0) is 18.2 Å². The van der Waals surface area contributed by atoms with E-state index in [0.717, 1.165) is 0 Å². The van der Waals surface area contributed by atoms with Gasteiger partial charge in [0.2, 0.25) is 17.5 Å². The summed E-state index contributed by atoms with van der Waals surface area (Å²) < 4.78 is 27.0. The molecule has 0 bridgehead atoms. The summed E-state index contributed by atoms with van der Waals surface area (Å²) >= 11 is 0. The Kier molecular flexibility index (Phi) is 6.04. The maximum absolute atomic E-state index is 13.4. The van der Waals surface area contributed by atoms with Crippen LogP contribution in [-0.2, 0) is 4.74 Å². The van der Waals surface area contributed by atoms with Crippen molar-refractivity contribution in [2.75, 3.05) is 20.8 Å². The van der Waals surface area contributed by atoms with Gasteiger partial charge in [-0.25, -0.2) is 0 Å². The van der Waals surface area contributed by atoms with Crippen LogP contribution in [0.5, 0.6) is 28.7 Å². The minimum absolute atomic E-state index is 0.0215. The Morgan fingerprint density at radius 1 is 0.970 bits per heavy atom. The van der Waals surface area contributed by atoms with Crippen molar-refractivity contribution in [2.24, 2.45) is 0 Å². The molecule has 2 heterocycles. The van der Waals surface area contributed by atoms with Gasteiger partial charge in [0.1, 0.15) is 40.8 Å². The van der Waals surface area contributed by atoms with Crippen LogP contribution in [-0.4, -0.2) is 71.0 Å². The van der Waals surface area contributed by atoms with Crippen LogP contribution in [0.4, 0.5) is 0 Å². The molecule has 0 saturated carbocycles. The molecule has 1 fully saturated rings. The van der Waals surface area contributed by atoms with Crippen LogP contribution in [0.15, 0.2) is 39.5 Å². The van der Waals surface area contributed by atoms with Gasteiger partial charge in [-0.15, -0.1) is 0 Å². The standard InChI is InChI=1S/C22H22O11/c1-29-10-6-12(24)16-15(7-10)32-20(9-3-4-11(23)14(5-9)30-2)21(18(16)27)33-22-19(28)17(26)13(25)8-31-22/h3-7,13,17,19,22-26,28H,8H2,1-2H3. The predicted molar refractivity (Wildman–Crippen MR) is 113 cm³/mol. The molecule has 5 N–H and O–H groups in total. The molecule has 1 saturated heterocycles. The van der Waals surface area contributed by atoms with E-state index in [9.17, 15) is 30.3 Å². The summed E-state index contributed by atoms with van der Waals surface area (Å²) in [5, 5.41) is 50.0.